The molecule has 0 saturated carbocycles. The Labute approximate surface area is 169 Å². The number of thioether (sulfide) groups is 1. The van der Waals surface area contributed by atoms with Crippen molar-refractivity contribution in [1.29, 1.82) is 0 Å². The second-order valence-corrected chi connectivity index (χ2v) is 8.33. The number of guanidine groups is 1. The Hall–Kier alpha value is 0.270. The molecule has 2 rings (SSSR count). The molecule has 0 aromatic rings. The van der Waals surface area contributed by atoms with E-state index in [0.717, 1.165) is 57.1 Å². The van der Waals surface area contributed by atoms with Crippen LogP contribution in [0, 0.1) is 5.92 Å². The lowest BCUT2D eigenvalue weighted by atomic mass is 10.2. The van der Waals surface area contributed by atoms with Crippen LogP contribution in [0.1, 0.15) is 27.2 Å². The van der Waals surface area contributed by atoms with Gasteiger partial charge in [0.25, 0.3) is 0 Å². The van der Waals surface area contributed by atoms with E-state index in [1.54, 1.807) is 0 Å². The summed E-state index contributed by atoms with van der Waals surface area (Å²) in [7, 11) is 1.89. The second-order valence-electron chi connectivity index (χ2n) is 6.92. The molecule has 0 amide bonds. The van der Waals surface area contributed by atoms with E-state index in [1.807, 2.05) is 7.05 Å². The molecule has 2 saturated heterocycles. The lowest BCUT2D eigenvalue weighted by molar-refractivity contribution is -0.0286. The summed E-state index contributed by atoms with van der Waals surface area (Å²) in [5.74, 6) is 2.95. The first-order valence-electron chi connectivity index (χ1n) is 9.03. The van der Waals surface area contributed by atoms with E-state index in [4.69, 9.17) is 4.74 Å². The highest BCUT2D eigenvalue weighted by Crippen LogP contribution is 2.21. The molecule has 2 aliphatic rings. The van der Waals surface area contributed by atoms with Gasteiger partial charge in [-0.25, -0.2) is 0 Å². The number of aliphatic imine (C=N–C) groups is 1. The van der Waals surface area contributed by atoms with Crippen molar-refractivity contribution >= 4 is 41.7 Å². The zero-order valence-electron chi connectivity index (χ0n) is 15.7. The summed E-state index contributed by atoms with van der Waals surface area (Å²) in [4.78, 5) is 9.41. The van der Waals surface area contributed by atoms with Crippen molar-refractivity contribution in [2.45, 2.75) is 38.5 Å². The van der Waals surface area contributed by atoms with Gasteiger partial charge < -0.3 is 15.0 Å². The number of hydrogen-bond acceptors (Lipinski definition) is 4. The van der Waals surface area contributed by atoms with Crippen LogP contribution in [-0.2, 0) is 4.74 Å². The molecule has 24 heavy (non-hydrogen) atoms. The summed E-state index contributed by atoms with van der Waals surface area (Å²) in [5, 5.41) is 4.27. The highest BCUT2D eigenvalue weighted by atomic mass is 127. The molecule has 142 valence electrons. The number of morpholine rings is 1. The third-order valence-electron chi connectivity index (χ3n) is 4.44. The molecule has 1 N–H and O–H groups in total. The summed E-state index contributed by atoms with van der Waals surface area (Å²) < 4.78 is 5.93. The number of halogens is 1. The van der Waals surface area contributed by atoms with E-state index in [0.29, 0.717) is 5.92 Å². The van der Waals surface area contributed by atoms with Gasteiger partial charge in [0.2, 0.25) is 0 Å². The van der Waals surface area contributed by atoms with E-state index in [1.165, 1.54) is 12.2 Å². The fraction of sp³-hybridized carbons (Fsp3) is 0.941. The van der Waals surface area contributed by atoms with Crippen molar-refractivity contribution in [3.8, 4) is 0 Å². The summed E-state index contributed by atoms with van der Waals surface area (Å²) in [6.07, 6.45) is 1.49. The Morgan fingerprint density at radius 3 is 2.79 bits per heavy atom. The van der Waals surface area contributed by atoms with Crippen molar-refractivity contribution in [3.05, 3.63) is 0 Å². The molecular formula is C17H35IN4OS. The van der Waals surface area contributed by atoms with Gasteiger partial charge in [-0.05, 0) is 12.3 Å². The molecule has 0 aromatic carbocycles. The van der Waals surface area contributed by atoms with Crippen molar-refractivity contribution in [2.24, 2.45) is 10.9 Å². The standard InChI is InChI=1S/C17H34N4OS.HI/c1-5-16-13-21(7-9-23-16)17(18-4)19-10-15-12-20(6-8-22-15)11-14(2)3;/h14-16H,5-13H2,1-4H3,(H,18,19);1H. The Morgan fingerprint density at radius 2 is 2.12 bits per heavy atom. The van der Waals surface area contributed by atoms with Crippen LogP contribution in [-0.4, -0.2) is 85.8 Å². The predicted molar refractivity (Wildman–Crippen MR) is 116 cm³/mol. The largest absolute Gasteiger partial charge is 0.374 e. The van der Waals surface area contributed by atoms with Crippen LogP contribution in [0.3, 0.4) is 0 Å². The molecule has 0 spiro atoms. The van der Waals surface area contributed by atoms with Crippen LogP contribution < -0.4 is 5.32 Å². The van der Waals surface area contributed by atoms with Gasteiger partial charge in [-0.2, -0.15) is 11.8 Å². The van der Waals surface area contributed by atoms with Crippen molar-refractivity contribution < 1.29 is 4.74 Å². The Kier molecular flexibility index (Phi) is 11.0. The van der Waals surface area contributed by atoms with Crippen LogP contribution in [0.15, 0.2) is 4.99 Å². The Bertz CT molecular complexity index is 384. The molecule has 2 aliphatic heterocycles. The maximum atomic E-state index is 5.93. The molecule has 0 aromatic heterocycles. The maximum absolute atomic E-state index is 5.93. The number of ether oxygens (including phenoxy) is 1. The maximum Gasteiger partial charge on any atom is 0.193 e. The molecule has 5 nitrogen and oxygen atoms in total. The van der Waals surface area contributed by atoms with E-state index in [9.17, 15) is 0 Å². The van der Waals surface area contributed by atoms with Gasteiger partial charge in [-0.1, -0.05) is 20.8 Å². The summed E-state index contributed by atoms with van der Waals surface area (Å²) >= 11 is 2.09. The first-order valence-corrected chi connectivity index (χ1v) is 10.1. The lowest BCUT2D eigenvalue weighted by Gasteiger charge is -2.36. The van der Waals surface area contributed by atoms with E-state index >= 15 is 0 Å². The van der Waals surface area contributed by atoms with Crippen LogP contribution in [0.25, 0.3) is 0 Å². The summed E-state index contributed by atoms with van der Waals surface area (Å²) in [5.41, 5.74) is 0. The second kappa shape index (κ2) is 11.8. The first kappa shape index (κ1) is 22.3. The van der Waals surface area contributed by atoms with E-state index in [-0.39, 0.29) is 30.1 Å². The zero-order valence-corrected chi connectivity index (χ0v) is 18.8. The first-order chi connectivity index (χ1) is 11.1. The lowest BCUT2D eigenvalue weighted by Crippen LogP contribution is -2.52. The fourth-order valence-electron chi connectivity index (χ4n) is 3.28. The molecule has 2 heterocycles. The number of nitrogens with zero attached hydrogens (tertiary/aromatic N) is 3. The smallest absolute Gasteiger partial charge is 0.193 e. The molecule has 2 atom stereocenters. The van der Waals surface area contributed by atoms with Gasteiger partial charge in [0.1, 0.15) is 0 Å². The van der Waals surface area contributed by atoms with Crippen LogP contribution in [0.4, 0.5) is 0 Å². The van der Waals surface area contributed by atoms with Gasteiger partial charge >= 0.3 is 0 Å². The van der Waals surface area contributed by atoms with Crippen LogP contribution >= 0.6 is 35.7 Å². The monoisotopic (exact) mass is 470 g/mol. The van der Waals surface area contributed by atoms with Crippen molar-refractivity contribution in [2.75, 3.05) is 58.7 Å². The normalized spacial score (nSPS) is 26.4. The topological polar surface area (TPSA) is 40.1 Å². The number of hydrogen-bond donors (Lipinski definition) is 1. The Morgan fingerprint density at radius 1 is 1.33 bits per heavy atom. The van der Waals surface area contributed by atoms with Crippen LogP contribution in [0.5, 0.6) is 0 Å². The third-order valence-corrected chi connectivity index (χ3v) is 5.81. The molecule has 7 heteroatoms. The molecule has 0 bridgehead atoms. The van der Waals surface area contributed by atoms with Gasteiger partial charge in [0.15, 0.2) is 5.96 Å². The average molecular weight is 470 g/mol. The molecule has 2 unspecified atom stereocenters. The SMILES string of the molecule is CCC1CN(C(=NC)NCC2CN(CC(C)C)CCO2)CCS1.I. The zero-order chi connectivity index (χ0) is 16.7. The van der Waals surface area contributed by atoms with Crippen molar-refractivity contribution in [3.63, 3.8) is 0 Å². The summed E-state index contributed by atoms with van der Waals surface area (Å²) in [6, 6.07) is 0. The van der Waals surface area contributed by atoms with Gasteiger partial charge in [0.05, 0.1) is 12.7 Å². The minimum Gasteiger partial charge on any atom is -0.374 e. The highest BCUT2D eigenvalue weighted by molar-refractivity contribution is 14.0. The minimum atomic E-state index is 0. The number of rotatable bonds is 5. The molecule has 0 radical (unpaired) electrons. The van der Waals surface area contributed by atoms with E-state index < -0.39 is 0 Å². The molecular weight excluding hydrogens is 435 g/mol. The van der Waals surface area contributed by atoms with Gasteiger partial charge in [0, 0.05) is 57.3 Å². The quantitative estimate of drug-likeness (QED) is 0.380. The Balaban J connectivity index is 0.00000288. The predicted octanol–water partition coefficient (Wildman–Crippen LogP) is 2.36. The highest BCUT2D eigenvalue weighted by Gasteiger charge is 2.24. The minimum absolute atomic E-state index is 0. The van der Waals surface area contributed by atoms with Crippen molar-refractivity contribution in [1.82, 2.24) is 15.1 Å². The third kappa shape index (κ3) is 7.25. The number of nitrogens with one attached hydrogen (secondary N) is 1. The van der Waals surface area contributed by atoms with E-state index in [2.05, 4.69) is 52.6 Å². The summed E-state index contributed by atoms with van der Waals surface area (Å²) in [6.45, 7) is 14.0. The van der Waals surface area contributed by atoms with Gasteiger partial charge in [-0.3, -0.25) is 9.89 Å². The van der Waals surface area contributed by atoms with Gasteiger partial charge in [-0.15, -0.1) is 24.0 Å². The average Bonchev–Trinajstić information content (AvgIpc) is 2.55. The fourth-order valence-corrected chi connectivity index (χ4v) is 4.46. The van der Waals surface area contributed by atoms with Crippen LogP contribution in [0.2, 0.25) is 0 Å². The molecule has 0 aliphatic carbocycles. The molecule has 2 fully saturated rings.